The first kappa shape index (κ1) is 25.5. The minimum atomic E-state index is -0.473. The van der Waals surface area contributed by atoms with Gasteiger partial charge >= 0.3 is 0 Å². The summed E-state index contributed by atoms with van der Waals surface area (Å²) in [6.07, 6.45) is 0. The van der Waals surface area contributed by atoms with Gasteiger partial charge in [-0.25, -0.2) is 4.39 Å². The molecule has 1 N–H and O–H groups in total. The standard InChI is InChI=1S/C29H23FN2O7/c1-36-21-8-6-20(7-9-21)31-29(35)27-12-10-23(39-27)15-32-24-13-18(5-11-26(24)38-17-28(32)34)25(33)16-37-22-4-2-3-19(30)14-22/h2-14H,15-17H2,1H3,(H,31,35). The highest BCUT2D eigenvalue weighted by Gasteiger charge is 2.28. The van der Waals surface area contributed by atoms with Crippen LogP contribution in [0, 0.1) is 5.82 Å². The average molecular weight is 531 g/mol. The van der Waals surface area contributed by atoms with Gasteiger partial charge in [0.05, 0.1) is 19.3 Å². The third-order valence-electron chi connectivity index (χ3n) is 5.94. The van der Waals surface area contributed by atoms with E-state index < -0.39 is 11.7 Å². The number of carbonyl (C=O) groups is 3. The van der Waals surface area contributed by atoms with E-state index >= 15 is 0 Å². The Hall–Kier alpha value is -5.12. The van der Waals surface area contributed by atoms with E-state index in [2.05, 4.69) is 5.32 Å². The first-order chi connectivity index (χ1) is 18.9. The third-order valence-corrected chi connectivity index (χ3v) is 5.94. The molecule has 9 nitrogen and oxygen atoms in total. The second-order valence-corrected chi connectivity index (χ2v) is 8.57. The molecule has 39 heavy (non-hydrogen) atoms. The summed E-state index contributed by atoms with van der Waals surface area (Å²) in [4.78, 5) is 39.6. The fourth-order valence-electron chi connectivity index (χ4n) is 3.95. The minimum Gasteiger partial charge on any atom is -0.497 e. The lowest BCUT2D eigenvalue weighted by Gasteiger charge is -2.29. The number of hydrogen-bond donors (Lipinski definition) is 1. The highest BCUT2D eigenvalue weighted by molar-refractivity contribution is 6.03. The molecule has 10 heteroatoms. The number of ketones is 1. The second kappa shape index (κ2) is 11.1. The molecule has 0 bridgehead atoms. The summed E-state index contributed by atoms with van der Waals surface area (Å²) in [6.45, 7) is -0.487. The van der Waals surface area contributed by atoms with Gasteiger partial charge in [-0.3, -0.25) is 19.3 Å². The summed E-state index contributed by atoms with van der Waals surface area (Å²) in [6, 6.07) is 20.2. The molecular formula is C29H23FN2O7. The largest absolute Gasteiger partial charge is 0.497 e. The van der Waals surface area contributed by atoms with Gasteiger partial charge in [0, 0.05) is 17.3 Å². The van der Waals surface area contributed by atoms with E-state index in [4.69, 9.17) is 18.6 Å². The zero-order valence-corrected chi connectivity index (χ0v) is 20.8. The molecule has 2 amide bonds. The Kier molecular flexibility index (Phi) is 7.26. The van der Waals surface area contributed by atoms with E-state index in [0.717, 1.165) is 0 Å². The minimum absolute atomic E-state index is 0.0163. The number of nitrogens with one attached hydrogen (secondary N) is 1. The van der Waals surface area contributed by atoms with Crippen LogP contribution in [0.3, 0.4) is 0 Å². The molecule has 3 aromatic carbocycles. The van der Waals surface area contributed by atoms with Crippen LogP contribution in [-0.2, 0) is 11.3 Å². The number of rotatable bonds is 9. The maximum atomic E-state index is 13.4. The number of amides is 2. The molecule has 0 radical (unpaired) electrons. The predicted molar refractivity (Wildman–Crippen MR) is 139 cm³/mol. The Morgan fingerprint density at radius 2 is 1.82 bits per heavy atom. The first-order valence-corrected chi connectivity index (χ1v) is 11.9. The van der Waals surface area contributed by atoms with Crippen LogP contribution < -0.4 is 24.4 Å². The molecule has 0 fully saturated rings. The number of hydrogen-bond acceptors (Lipinski definition) is 7. The molecule has 4 aromatic rings. The van der Waals surface area contributed by atoms with Gasteiger partial charge in [0.1, 0.15) is 28.8 Å². The van der Waals surface area contributed by atoms with E-state index in [1.165, 1.54) is 35.2 Å². The zero-order valence-electron chi connectivity index (χ0n) is 20.8. The Morgan fingerprint density at radius 1 is 1.00 bits per heavy atom. The number of furan rings is 1. The highest BCUT2D eigenvalue weighted by Crippen LogP contribution is 2.34. The lowest BCUT2D eigenvalue weighted by molar-refractivity contribution is -0.121. The lowest BCUT2D eigenvalue weighted by atomic mass is 10.1. The van der Waals surface area contributed by atoms with Gasteiger partial charge < -0.3 is 23.9 Å². The SMILES string of the molecule is COc1ccc(NC(=O)c2ccc(CN3C(=O)COc4ccc(C(=O)COc5cccc(F)c5)cc43)o2)cc1. The number of ether oxygens (including phenoxy) is 3. The number of fused-ring (bicyclic) bond motifs is 1. The summed E-state index contributed by atoms with van der Waals surface area (Å²) in [5.41, 5.74) is 1.23. The normalized spacial score (nSPS) is 12.4. The van der Waals surface area contributed by atoms with Crippen LogP contribution in [0.25, 0.3) is 0 Å². The summed E-state index contributed by atoms with van der Waals surface area (Å²) in [5, 5.41) is 2.74. The molecule has 0 saturated carbocycles. The second-order valence-electron chi connectivity index (χ2n) is 8.57. The van der Waals surface area contributed by atoms with Crippen molar-refractivity contribution in [1.82, 2.24) is 0 Å². The predicted octanol–water partition coefficient (Wildman–Crippen LogP) is 4.87. The highest BCUT2D eigenvalue weighted by atomic mass is 19.1. The summed E-state index contributed by atoms with van der Waals surface area (Å²) < 4.78 is 35.1. The third kappa shape index (κ3) is 5.90. The van der Waals surface area contributed by atoms with Gasteiger partial charge in [-0.05, 0) is 66.7 Å². The number of benzene rings is 3. The molecule has 1 aromatic heterocycles. The van der Waals surface area contributed by atoms with Crippen molar-refractivity contribution < 1.29 is 37.4 Å². The van der Waals surface area contributed by atoms with Crippen LogP contribution in [0.4, 0.5) is 15.8 Å². The van der Waals surface area contributed by atoms with Crippen molar-refractivity contribution in [3.8, 4) is 17.2 Å². The molecule has 0 aliphatic carbocycles. The molecule has 1 aliphatic rings. The van der Waals surface area contributed by atoms with Crippen molar-refractivity contribution in [2.75, 3.05) is 30.5 Å². The Morgan fingerprint density at radius 3 is 2.59 bits per heavy atom. The van der Waals surface area contributed by atoms with Crippen LogP contribution in [0.15, 0.2) is 83.3 Å². The van der Waals surface area contributed by atoms with Crippen molar-refractivity contribution in [2.45, 2.75) is 6.54 Å². The van der Waals surface area contributed by atoms with Gasteiger partial charge in [0.25, 0.3) is 11.8 Å². The van der Waals surface area contributed by atoms with Gasteiger partial charge in [0.2, 0.25) is 0 Å². The van der Waals surface area contributed by atoms with Crippen LogP contribution in [0.1, 0.15) is 26.7 Å². The Balaban J connectivity index is 1.28. The van der Waals surface area contributed by atoms with E-state index in [9.17, 15) is 18.8 Å². The monoisotopic (exact) mass is 530 g/mol. The Bertz CT molecular complexity index is 1530. The molecule has 1 aliphatic heterocycles. The lowest BCUT2D eigenvalue weighted by Crippen LogP contribution is -2.38. The van der Waals surface area contributed by atoms with Crippen LogP contribution >= 0.6 is 0 Å². The first-order valence-electron chi connectivity index (χ1n) is 11.9. The number of methoxy groups -OCH3 is 1. The van der Waals surface area contributed by atoms with Gasteiger partial charge in [-0.1, -0.05) is 6.07 Å². The summed E-state index contributed by atoms with van der Waals surface area (Å²) >= 11 is 0. The van der Waals surface area contributed by atoms with Crippen LogP contribution in [-0.4, -0.2) is 37.9 Å². The fraction of sp³-hybridized carbons (Fsp3) is 0.138. The van der Waals surface area contributed by atoms with E-state index in [-0.39, 0.29) is 48.5 Å². The molecule has 2 heterocycles. The number of nitrogens with zero attached hydrogens (tertiary/aromatic N) is 1. The quantitative estimate of drug-likeness (QED) is 0.308. The molecule has 0 spiro atoms. The average Bonchev–Trinajstić information content (AvgIpc) is 3.42. The van der Waals surface area contributed by atoms with Crippen molar-refractivity contribution in [3.05, 3.63) is 102 Å². The molecular weight excluding hydrogens is 507 g/mol. The van der Waals surface area contributed by atoms with Crippen LogP contribution in [0.2, 0.25) is 0 Å². The molecule has 198 valence electrons. The Labute approximate surface area is 222 Å². The number of carbonyl (C=O) groups excluding carboxylic acids is 3. The molecule has 5 rings (SSSR count). The van der Waals surface area contributed by atoms with E-state index in [1.807, 2.05) is 0 Å². The maximum Gasteiger partial charge on any atom is 0.291 e. The number of anilines is 2. The number of Topliss-reactive ketones (excluding diaryl/α,β-unsaturated/α-hetero) is 1. The molecule has 0 unspecified atom stereocenters. The molecule has 0 atom stereocenters. The zero-order chi connectivity index (χ0) is 27.4. The van der Waals surface area contributed by atoms with Crippen molar-refractivity contribution in [1.29, 1.82) is 0 Å². The van der Waals surface area contributed by atoms with Gasteiger partial charge in [-0.2, -0.15) is 0 Å². The summed E-state index contributed by atoms with van der Waals surface area (Å²) in [5.74, 6) is 0.104. The van der Waals surface area contributed by atoms with Crippen molar-refractivity contribution in [3.63, 3.8) is 0 Å². The van der Waals surface area contributed by atoms with Gasteiger partial charge in [0.15, 0.2) is 24.8 Å². The van der Waals surface area contributed by atoms with E-state index in [0.29, 0.717) is 28.6 Å². The number of halogens is 1. The smallest absolute Gasteiger partial charge is 0.291 e. The van der Waals surface area contributed by atoms with Crippen molar-refractivity contribution >= 4 is 29.0 Å². The summed E-state index contributed by atoms with van der Waals surface area (Å²) in [7, 11) is 1.55. The topological polar surface area (TPSA) is 107 Å². The van der Waals surface area contributed by atoms with E-state index in [1.54, 1.807) is 55.6 Å². The fourth-order valence-corrected chi connectivity index (χ4v) is 3.95. The van der Waals surface area contributed by atoms with Crippen LogP contribution in [0.5, 0.6) is 17.2 Å². The van der Waals surface area contributed by atoms with Crippen molar-refractivity contribution in [2.24, 2.45) is 0 Å². The maximum absolute atomic E-state index is 13.4. The molecule has 0 saturated heterocycles. The van der Waals surface area contributed by atoms with Gasteiger partial charge in [-0.15, -0.1) is 0 Å².